The largest absolute Gasteiger partial charge is 0.512 e. The smallest absolute Gasteiger partial charge is 0.0960 e. The molecule has 1 rings (SSSR count). The second-order valence-electron chi connectivity index (χ2n) is 2.60. The van der Waals surface area contributed by atoms with Gasteiger partial charge in [-0.05, 0) is 25.5 Å². The first-order valence-electron chi connectivity index (χ1n) is 3.43. The number of aliphatic hydroxyl groups excluding tert-OH is 1. The first-order valence-corrected chi connectivity index (χ1v) is 3.43. The summed E-state index contributed by atoms with van der Waals surface area (Å²) in [4.78, 5) is 0. The van der Waals surface area contributed by atoms with Crippen LogP contribution in [0.25, 0.3) is 0 Å². The van der Waals surface area contributed by atoms with Crippen LogP contribution < -0.4 is 0 Å². The SMILES string of the molecule is CC1=CC=C(O)CC=C1C. The van der Waals surface area contributed by atoms with Gasteiger partial charge in [0.15, 0.2) is 0 Å². The van der Waals surface area contributed by atoms with Crippen LogP contribution in [0.1, 0.15) is 20.3 Å². The molecule has 0 spiro atoms. The first kappa shape index (κ1) is 7.13. The molecule has 1 heteroatoms. The highest BCUT2D eigenvalue weighted by Gasteiger charge is 1.97. The first-order chi connectivity index (χ1) is 4.70. The Hall–Kier alpha value is -0.980. The Kier molecular flexibility index (Phi) is 1.95. The van der Waals surface area contributed by atoms with E-state index in [1.807, 2.05) is 19.1 Å². The van der Waals surface area contributed by atoms with Crippen molar-refractivity contribution < 1.29 is 5.11 Å². The van der Waals surface area contributed by atoms with E-state index in [4.69, 9.17) is 5.11 Å². The van der Waals surface area contributed by atoms with E-state index in [0.717, 1.165) is 0 Å². The summed E-state index contributed by atoms with van der Waals surface area (Å²) in [5, 5.41) is 9.10. The highest BCUT2D eigenvalue weighted by atomic mass is 16.3. The van der Waals surface area contributed by atoms with Crippen molar-refractivity contribution in [2.45, 2.75) is 20.3 Å². The van der Waals surface area contributed by atoms with E-state index in [2.05, 4.69) is 6.92 Å². The third kappa shape index (κ3) is 1.50. The lowest BCUT2D eigenvalue weighted by molar-refractivity contribution is 0.401. The van der Waals surface area contributed by atoms with Gasteiger partial charge in [0, 0.05) is 6.42 Å². The third-order valence-corrected chi connectivity index (χ3v) is 1.77. The van der Waals surface area contributed by atoms with E-state index in [1.54, 1.807) is 6.08 Å². The second-order valence-corrected chi connectivity index (χ2v) is 2.60. The summed E-state index contributed by atoms with van der Waals surface area (Å²) in [5.74, 6) is 0.441. The van der Waals surface area contributed by atoms with Gasteiger partial charge in [0.1, 0.15) is 0 Å². The Labute approximate surface area is 61.4 Å². The van der Waals surface area contributed by atoms with E-state index in [-0.39, 0.29) is 0 Å². The van der Waals surface area contributed by atoms with E-state index in [9.17, 15) is 0 Å². The van der Waals surface area contributed by atoms with Gasteiger partial charge in [-0.1, -0.05) is 17.7 Å². The molecule has 0 unspecified atom stereocenters. The maximum absolute atomic E-state index is 9.10. The second kappa shape index (κ2) is 2.74. The molecule has 0 amide bonds. The lowest BCUT2D eigenvalue weighted by atomic mass is 10.1. The van der Waals surface area contributed by atoms with Crippen molar-refractivity contribution in [3.63, 3.8) is 0 Å². The minimum Gasteiger partial charge on any atom is -0.512 e. The monoisotopic (exact) mass is 136 g/mol. The average Bonchev–Trinajstić information content (AvgIpc) is 2.04. The van der Waals surface area contributed by atoms with Gasteiger partial charge in [0.25, 0.3) is 0 Å². The van der Waals surface area contributed by atoms with Crippen LogP contribution in [0.5, 0.6) is 0 Å². The molecule has 0 heterocycles. The zero-order valence-electron chi connectivity index (χ0n) is 6.39. The summed E-state index contributed by atoms with van der Waals surface area (Å²) in [5.41, 5.74) is 2.48. The zero-order chi connectivity index (χ0) is 7.56. The lowest BCUT2D eigenvalue weighted by Crippen LogP contribution is -1.76. The van der Waals surface area contributed by atoms with E-state index < -0.39 is 0 Å². The van der Waals surface area contributed by atoms with Gasteiger partial charge in [-0.2, -0.15) is 0 Å². The fraction of sp³-hybridized carbons (Fsp3) is 0.333. The normalized spacial score (nSPS) is 18.8. The molecule has 1 aliphatic carbocycles. The molecule has 0 radical (unpaired) electrons. The molecule has 0 saturated carbocycles. The highest BCUT2D eigenvalue weighted by Crippen LogP contribution is 2.15. The van der Waals surface area contributed by atoms with Crippen LogP contribution in [0.4, 0.5) is 0 Å². The lowest BCUT2D eigenvalue weighted by Gasteiger charge is -1.95. The average molecular weight is 136 g/mol. The fourth-order valence-electron chi connectivity index (χ4n) is 0.839. The molecule has 0 aliphatic heterocycles. The van der Waals surface area contributed by atoms with E-state index >= 15 is 0 Å². The minimum atomic E-state index is 0.441. The van der Waals surface area contributed by atoms with Gasteiger partial charge in [0.05, 0.1) is 5.76 Å². The number of rotatable bonds is 0. The zero-order valence-corrected chi connectivity index (χ0v) is 6.39. The summed E-state index contributed by atoms with van der Waals surface area (Å²) in [6.07, 6.45) is 6.39. The van der Waals surface area contributed by atoms with Crippen molar-refractivity contribution in [2.75, 3.05) is 0 Å². The maximum atomic E-state index is 9.10. The van der Waals surface area contributed by atoms with Crippen LogP contribution in [-0.2, 0) is 0 Å². The van der Waals surface area contributed by atoms with Gasteiger partial charge in [-0.15, -0.1) is 0 Å². The Morgan fingerprint density at radius 1 is 1.20 bits per heavy atom. The van der Waals surface area contributed by atoms with Crippen LogP contribution in [0, 0.1) is 0 Å². The van der Waals surface area contributed by atoms with Gasteiger partial charge in [-0.25, -0.2) is 0 Å². The van der Waals surface area contributed by atoms with Crippen molar-refractivity contribution in [1.29, 1.82) is 0 Å². The predicted molar refractivity (Wildman–Crippen MR) is 42.8 cm³/mol. The molecule has 0 aromatic carbocycles. The van der Waals surface area contributed by atoms with Gasteiger partial charge in [0.2, 0.25) is 0 Å². The van der Waals surface area contributed by atoms with Gasteiger partial charge < -0.3 is 5.11 Å². The molecular weight excluding hydrogens is 124 g/mol. The summed E-state index contributed by atoms with van der Waals surface area (Å²) in [7, 11) is 0. The third-order valence-electron chi connectivity index (χ3n) is 1.77. The van der Waals surface area contributed by atoms with Crippen molar-refractivity contribution in [3.8, 4) is 0 Å². The van der Waals surface area contributed by atoms with E-state index in [0.29, 0.717) is 12.2 Å². The Morgan fingerprint density at radius 3 is 2.60 bits per heavy atom. The minimum absolute atomic E-state index is 0.441. The number of allylic oxidation sites excluding steroid dienone is 5. The quantitative estimate of drug-likeness (QED) is 0.543. The van der Waals surface area contributed by atoms with Crippen LogP contribution in [0.15, 0.2) is 35.1 Å². The summed E-state index contributed by atoms with van der Waals surface area (Å²) < 4.78 is 0. The predicted octanol–water partition coefficient (Wildman–Crippen LogP) is 2.72. The molecule has 0 aromatic heterocycles. The Balaban J connectivity index is 2.90. The fourth-order valence-corrected chi connectivity index (χ4v) is 0.839. The van der Waals surface area contributed by atoms with Crippen molar-refractivity contribution in [1.82, 2.24) is 0 Å². The molecule has 0 aromatic rings. The Morgan fingerprint density at radius 2 is 1.90 bits per heavy atom. The van der Waals surface area contributed by atoms with Crippen LogP contribution in [0.3, 0.4) is 0 Å². The Bertz CT molecular complexity index is 219. The molecule has 0 fully saturated rings. The highest BCUT2D eigenvalue weighted by molar-refractivity contribution is 5.34. The number of hydrogen-bond acceptors (Lipinski definition) is 1. The maximum Gasteiger partial charge on any atom is 0.0960 e. The molecule has 0 bridgehead atoms. The van der Waals surface area contributed by atoms with Crippen molar-refractivity contribution in [2.24, 2.45) is 0 Å². The molecule has 10 heavy (non-hydrogen) atoms. The van der Waals surface area contributed by atoms with Gasteiger partial charge >= 0.3 is 0 Å². The number of aliphatic hydroxyl groups is 1. The van der Waals surface area contributed by atoms with Gasteiger partial charge in [-0.3, -0.25) is 0 Å². The van der Waals surface area contributed by atoms with Crippen molar-refractivity contribution >= 4 is 0 Å². The molecular formula is C9H12O. The van der Waals surface area contributed by atoms with Crippen LogP contribution >= 0.6 is 0 Å². The summed E-state index contributed by atoms with van der Waals surface area (Å²) >= 11 is 0. The van der Waals surface area contributed by atoms with Crippen LogP contribution in [-0.4, -0.2) is 5.11 Å². The molecule has 1 N–H and O–H groups in total. The van der Waals surface area contributed by atoms with Crippen LogP contribution in [0.2, 0.25) is 0 Å². The summed E-state index contributed by atoms with van der Waals surface area (Å²) in [6, 6.07) is 0. The van der Waals surface area contributed by atoms with E-state index in [1.165, 1.54) is 11.1 Å². The topological polar surface area (TPSA) is 20.2 Å². The molecule has 0 atom stereocenters. The molecule has 1 nitrogen and oxygen atoms in total. The standard InChI is InChI=1S/C9H12O/c1-7-3-5-9(10)6-4-8(7)2/h3-5,10H,6H2,1-2H3. The number of hydrogen-bond donors (Lipinski definition) is 1. The molecule has 54 valence electrons. The molecule has 1 aliphatic rings. The molecule has 0 saturated heterocycles. The van der Waals surface area contributed by atoms with Crippen molar-refractivity contribution in [3.05, 3.63) is 35.1 Å². The summed E-state index contributed by atoms with van der Waals surface area (Å²) in [6.45, 7) is 4.10.